The number of amides is 1. The third-order valence-corrected chi connectivity index (χ3v) is 4.94. The van der Waals surface area contributed by atoms with Gasteiger partial charge in [-0.1, -0.05) is 0 Å². The van der Waals surface area contributed by atoms with Crippen LogP contribution >= 0.6 is 0 Å². The summed E-state index contributed by atoms with van der Waals surface area (Å²) in [5.74, 6) is 1.30. The number of nitrogens with zero attached hydrogens (tertiary/aromatic N) is 6. The minimum atomic E-state index is -0.242. The predicted molar refractivity (Wildman–Crippen MR) is 106 cm³/mol. The lowest BCUT2D eigenvalue weighted by Crippen LogP contribution is -2.49. The van der Waals surface area contributed by atoms with Crippen LogP contribution in [0.2, 0.25) is 0 Å². The van der Waals surface area contributed by atoms with E-state index in [1.54, 1.807) is 30.6 Å². The molecule has 1 amide bonds. The molecule has 0 radical (unpaired) electrons. The first-order chi connectivity index (χ1) is 14.1. The maximum Gasteiger partial charge on any atom is 0.260 e. The molecular weight excluding hydrogens is 370 g/mol. The van der Waals surface area contributed by atoms with Gasteiger partial charge in [0.15, 0.2) is 5.65 Å². The molecular formula is C20H19N7O2. The summed E-state index contributed by atoms with van der Waals surface area (Å²) in [6, 6.07) is 8.98. The summed E-state index contributed by atoms with van der Waals surface area (Å²) in [6.07, 6.45) is 3.78. The Kier molecular flexibility index (Phi) is 5.16. The third kappa shape index (κ3) is 4.06. The number of carbonyl (C=O) groups excluding carboxylic acids is 1. The second-order valence-electron chi connectivity index (χ2n) is 6.77. The largest absolute Gasteiger partial charge is 0.353 e. The van der Waals surface area contributed by atoms with Gasteiger partial charge in [-0.3, -0.25) is 9.59 Å². The monoisotopic (exact) mass is 389 g/mol. The molecule has 0 atom stereocenters. The molecule has 0 unspecified atom stereocenters. The molecule has 0 saturated carbocycles. The van der Waals surface area contributed by atoms with Crippen LogP contribution in [-0.2, 0) is 11.2 Å². The van der Waals surface area contributed by atoms with Crippen molar-refractivity contribution in [1.29, 1.82) is 5.26 Å². The maximum atomic E-state index is 12.6. The number of anilines is 1. The first-order valence-electron chi connectivity index (χ1n) is 9.37. The molecule has 1 N–H and O–H groups in total. The van der Waals surface area contributed by atoms with E-state index in [-0.39, 0.29) is 17.9 Å². The van der Waals surface area contributed by atoms with Crippen molar-refractivity contribution < 1.29 is 4.79 Å². The van der Waals surface area contributed by atoms with Gasteiger partial charge in [0.1, 0.15) is 17.7 Å². The molecule has 4 rings (SSSR count). The number of fused-ring (bicyclic) bond motifs is 1. The number of rotatable bonds is 4. The lowest BCUT2D eigenvalue weighted by molar-refractivity contribution is -0.131. The highest BCUT2D eigenvalue weighted by Gasteiger charge is 2.22. The molecule has 1 aliphatic rings. The Balaban J connectivity index is 1.33. The molecule has 146 valence electrons. The quantitative estimate of drug-likeness (QED) is 0.703. The fourth-order valence-corrected chi connectivity index (χ4v) is 3.34. The molecule has 0 bridgehead atoms. The molecule has 3 aromatic heterocycles. The van der Waals surface area contributed by atoms with Crippen molar-refractivity contribution in [3.63, 3.8) is 0 Å². The van der Waals surface area contributed by atoms with E-state index in [2.05, 4.69) is 30.9 Å². The number of aromatic amines is 1. The van der Waals surface area contributed by atoms with Crippen LogP contribution in [0.3, 0.4) is 0 Å². The molecule has 29 heavy (non-hydrogen) atoms. The van der Waals surface area contributed by atoms with Crippen LogP contribution in [0.15, 0.2) is 41.5 Å². The number of H-pyrrole nitrogens is 1. The Morgan fingerprint density at radius 3 is 2.72 bits per heavy atom. The highest BCUT2D eigenvalue weighted by atomic mass is 16.2. The molecule has 4 heterocycles. The number of nitrogens with one attached hydrogen (secondary N) is 1. The van der Waals surface area contributed by atoms with Crippen LogP contribution in [-0.4, -0.2) is 56.9 Å². The second-order valence-corrected chi connectivity index (χ2v) is 6.77. The van der Waals surface area contributed by atoms with E-state index in [4.69, 9.17) is 5.26 Å². The number of carbonyl (C=O) groups is 1. The van der Waals surface area contributed by atoms with Crippen LogP contribution < -0.4 is 10.5 Å². The maximum absolute atomic E-state index is 12.6. The fourth-order valence-electron chi connectivity index (χ4n) is 3.34. The number of pyridine rings is 2. The molecule has 1 aliphatic heterocycles. The topological polar surface area (TPSA) is 119 Å². The van der Waals surface area contributed by atoms with Gasteiger partial charge in [-0.15, -0.1) is 0 Å². The van der Waals surface area contributed by atoms with E-state index in [0.717, 1.165) is 5.82 Å². The zero-order chi connectivity index (χ0) is 20.2. The number of aryl methyl sites for hydroxylation is 1. The summed E-state index contributed by atoms with van der Waals surface area (Å²) in [4.78, 5) is 44.1. The summed E-state index contributed by atoms with van der Waals surface area (Å²) in [6.45, 7) is 2.56. The van der Waals surface area contributed by atoms with Gasteiger partial charge in [-0.2, -0.15) is 5.26 Å². The number of piperazine rings is 1. The minimum Gasteiger partial charge on any atom is -0.353 e. The molecule has 0 aromatic carbocycles. The smallest absolute Gasteiger partial charge is 0.260 e. The zero-order valence-electron chi connectivity index (χ0n) is 15.7. The minimum absolute atomic E-state index is 0.0289. The van der Waals surface area contributed by atoms with Crippen molar-refractivity contribution in [2.75, 3.05) is 31.1 Å². The van der Waals surface area contributed by atoms with Gasteiger partial charge < -0.3 is 14.8 Å². The van der Waals surface area contributed by atoms with Crippen LogP contribution in [0.5, 0.6) is 0 Å². The lowest BCUT2D eigenvalue weighted by Gasteiger charge is -2.35. The van der Waals surface area contributed by atoms with Crippen molar-refractivity contribution in [2.24, 2.45) is 0 Å². The van der Waals surface area contributed by atoms with Gasteiger partial charge in [0, 0.05) is 51.4 Å². The average molecular weight is 389 g/mol. The molecule has 0 spiro atoms. The number of hydrogen-bond donors (Lipinski definition) is 1. The van der Waals surface area contributed by atoms with Gasteiger partial charge in [0.05, 0.1) is 10.9 Å². The van der Waals surface area contributed by atoms with Gasteiger partial charge >= 0.3 is 0 Å². The average Bonchev–Trinajstić information content (AvgIpc) is 2.78. The summed E-state index contributed by atoms with van der Waals surface area (Å²) < 4.78 is 0. The normalized spacial score (nSPS) is 14.0. The Labute approximate surface area is 166 Å². The molecule has 1 fully saturated rings. The zero-order valence-corrected chi connectivity index (χ0v) is 15.7. The second kappa shape index (κ2) is 8.06. The molecule has 9 nitrogen and oxygen atoms in total. The van der Waals surface area contributed by atoms with Crippen LogP contribution in [0.25, 0.3) is 11.0 Å². The van der Waals surface area contributed by atoms with Crippen molar-refractivity contribution in [3.05, 3.63) is 58.4 Å². The van der Waals surface area contributed by atoms with Crippen molar-refractivity contribution >= 4 is 22.8 Å². The van der Waals surface area contributed by atoms with Gasteiger partial charge in [-0.05, 0) is 24.3 Å². The fraction of sp³-hybridized carbons (Fsp3) is 0.300. The molecule has 9 heteroatoms. The highest BCUT2D eigenvalue weighted by molar-refractivity contribution is 5.77. The van der Waals surface area contributed by atoms with Crippen molar-refractivity contribution in [1.82, 2.24) is 24.8 Å². The van der Waals surface area contributed by atoms with Crippen LogP contribution in [0.1, 0.15) is 17.8 Å². The summed E-state index contributed by atoms with van der Waals surface area (Å²) in [5, 5.41) is 9.30. The lowest BCUT2D eigenvalue weighted by atomic mass is 10.2. The van der Waals surface area contributed by atoms with E-state index in [0.29, 0.717) is 55.0 Å². The standard InChI is InChI=1S/C20H19N7O2/c21-12-14-3-5-17(23-13-14)26-8-10-27(11-9-26)18(28)6-4-16-24-19-15(20(29)25-16)2-1-7-22-19/h1-3,5,7,13H,4,6,8-11H2,(H,22,24,25,29). The Morgan fingerprint density at radius 1 is 1.17 bits per heavy atom. The predicted octanol–water partition coefficient (Wildman–Crippen LogP) is 0.866. The SMILES string of the molecule is N#Cc1ccc(N2CCN(C(=O)CCc3nc4ncccc4c(=O)[nH]3)CC2)nc1. The van der Waals surface area contributed by atoms with E-state index in [1.807, 2.05) is 11.0 Å². The number of hydrogen-bond acceptors (Lipinski definition) is 7. The van der Waals surface area contributed by atoms with Crippen molar-refractivity contribution in [2.45, 2.75) is 12.8 Å². The molecule has 1 saturated heterocycles. The van der Waals surface area contributed by atoms with E-state index in [1.165, 1.54) is 0 Å². The summed E-state index contributed by atoms with van der Waals surface area (Å²) in [5.41, 5.74) is 0.675. The third-order valence-electron chi connectivity index (χ3n) is 4.94. The summed E-state index contributed by atoms with van der Waals surface area (Å²) >= 11 is 0. The van der Waals surface area contributed by atoms with Gasteiger partial charge in [0.25, 0.3) is 5.56 Å². The van der Waals surface area contributed by atoms with Crippen molar-refractivity contribution in [3.8, 4) is 6.07 Å². The highest BCUT2D eigenvalue weighted by Crippen LogP contribution is 2.15. The van der Waals surface area contributed by atoms with Gasteiger partial charge in [-0.25, -0.2) is 15.0 Å². The molecule has 3 aromatic rings. The summed E-state index contributed by atoms with van der Waals surface area (Å²) in [7, 11) is 0. The van der Waals surface area contributed by atoms with Crippen LogP contribution in [0, 0.1) is 11.3 Å². The first-order valence-corrected chi connectivity index (χ1v) is 9.37. The van der Waals surface area contributed by atoms with E-state index >= 15 is 0 Å². The molecule has 0 aliphatic carbocycles. The Hall–Kier alpha value is -3.80. The number of aromatic nitrogens is 4. The Bertz CT molecular complexity index is 1130. The number of nitriles is 1. The van der Waals surface area contributed by atoms with Crippen LogP contribution in [0.4, 0.5) is 5.82 Å². The van der Waals surface area contributed by atoms with E-state index in [9.17, 15) is 9.59 Å². The first kappa shape index (κ1) is 18.6. The Morgan fingerprint density at radius 2 is 2.00 bits per heavy atom. The van der Waals surface area contributed by atoms with Gasteiger partial charge in [0.2, 0.25) is 5.91 Å². The van der Waals surface area contributed by atoms with E-state index < -0.39 is 0 Å².